The summed E-state index contributed by atoms with van der Waals surface area (Å²) in [6, 6.07) is 1.50. The average molecular weight is 183 g/mol. The van der Waals surface area contributed by atoms with E-state index in [1.54, 1.807) is 0 Å². The second-order valence-electron chi connectivity index (χ2n) is 4.64. The fourth-order valence-corrected chi connectivity index (χ4v) is 2.03. The second-order valence-corrected chi connectivity index (χ2v) is 4.64. The highest BCUT2D eigenvalue weighted by atomic mass is 14.9. The Morgan fingerprint density at radius 2 is 2.00 bits per heavy atom. The topological polar surface area (TPSA) is 12.0 Å². The van der Waals surface area contributed by atoms with Crippen LogP contribution < -0.4 is 5.32 Å². The number of hydrogen-bond donors (Lipinski definition) is 1. The molecule has 0 bridgehead atoms. The molecule has 78 valence electrons. The van der Waals surface area contributed by atoms with E-state index in [4.69, 9.17) is 0 Å². The SMILES string of the molecule is CCCC(C)NC(CC)CC1CC1. The third-order valence-corrected chi connectivity index (χ3v) is 3.05. The quantitative estimate of drug-likeness (QED) is 0.638. The van der Waals surface area contributed by atoms with Gasteiger partial charge in [-0.25, -0.2) is 0 Å². The summed E-state index contributed by atoms with van der Waals surface area (Å²) in [6.45, 7) is 6.89. The maximum Gasteiger partial charge on any atom is 0.00695 e. The molecule has 1 nitrogen and oxygen atoms in total. The first kappa shape index (κ1) is 11.0. The standard InChI is InChI=1S/C12H25N/c1-4-6-10(3)13-12(5-2)9-11-7-8-11/h10-13H,4-9H2,1-3H3. The van der Waals surface area contributed by atoms with Gasteiger partial charge in [0.2, 0.25) is 0 Å². The van der Waals surface area contributed by atoms with E-state index in [-0.39, 0.29) is 0 Å². The minimum absolute atomic E-state index is 0.716. The van der Waals surface area contributed by atoms with Crippen LogP contribution in [0.15, 0.2) is 0 Å². The molecule has 0 aromatic carbocycles. The molecule has 1 aliphatic rings. The molecule has 1 heteroatoms. The molecule has 0 aromatic heterocycles. The van der Waals surface area contributed by atoms with Gasteiger partial charge in [-0.05, 0) is 32.1 Å². The average Bonchev–Trinajstić information content (AvgIpc) is 2.87. The Labute approximate surface area is 83.3 Å². The first-order valence-electron chi connectivity index (χ1n) is 6.02. The lowest BCUT2D eigenvalue weighted by Crippen LogP contribution is -2.36. The summed E-state index contributed by atoms with van der Waals surface area (Å²) in [5.41, 5.74) is 0. The van der Waals surface area contributed by atoms with Gasteiger partial charge >= 0.3 is 0 Å². The zero-order valence-electron chi connectivity index (χ0n) is 9.47. The summed E-state index contributed by atoms with van der Waals surface area (Å²) in [6.07, 6.45) is 8.31. The van der Waals surface area contributed by atoms with Crippen LogP contribution in [-0.2, 0) is 0 Å². The smallest absolute Gasteiger partial charge is 0.00695 e. The molecule has 1 fully saturated rings. The third-order valence-electron chi connectivity index (χ3n) is 3.05. The van der Waals surface area contributed by atoms with Crippen LogP contribution in [0.25, 0.3) is 0 Å². The van der Waals surface area contributed by atoms with E-state index in [2.05, 4.69) is 26.1 Å². The van der Waals surface area contributed by atoms with E-state index in [0.29, 0.717) is 6.04 Å². The van der Waals surface area contributed by atoms with Crippen molar-refractivity contribution < 1.29 is 0 Å². The fraction of sp³-hybridized carbons (Fsp3) is 1.00. The van der Waals surface area contributed by atoms with Crippen LogP contribution in [0.3, 0.4) is 0 Å². The van der Waals surface area contributed by atoms with Crippen molar-refractivity contribution in [1.29, 1.82) is 0 Å². The second kappa shape index (κ2) is 5.64. The van der Waals surface area contributed by atoms with Crippen LogP contribution in [0.4, 0.5) is 0 Å². The molecule has 0 aliphatic heterocycles. The van der Waals surface area contributed by atoms with Crippen molar-refractivity contribution in [3.63, 3.8) is 0 Å². The van der Waals surface area contributed by atoms with Crippen LogP contribution in [0.5, 0.6) is 0 Å². The minimum atomic E-state index is 0.716. The van der Waals surface area contributed by atoms with Crippen LogP contribution in [0.2, 0.25) is 0 Å². The predicted molar refractivity (Wildman–Crippen MR) is 58.9 cm³/mol. The highest BCUT2D eigenvalue weighted by molar-refractivity contribution is 4.80. The van der Waals surface area contributed by atoms with Crippen molar-refractivity contribution in [2.75, 3.05) is 0 Å². The zero-order valence-corrected chi connectivity index (χ0v) is 9.47. The van der Waals surface area contributed by atoms with Crippen LogP contribution in [-0.4, -0.2) is 12.1 Å². The van der Waals surface area contributed by atoms with Crippen molar-refractivity contribution in [2.24, 2.45) is 5.92 Å². The fourth-order valence-electron chi connectivity index (χ4n) is 2.03. The largest absolute Gasteiger partial charge is 0.312 e. The highest BCUT2D eigenvalue weighted by Gasteiger charge is 2.24. The first-order valence-corrected chi connectivity index (χ1v) is 6.02. The van der Waals surface area contributed by atoms with Gasteiger partial charge in [-0.15, -0.1) is 0 Å². The predicted octanol–water partition coefficient (Wildman–Crippen LogP) is 3.34. The van der Waals surface area contributed by atoms with Gasteiger partial charge in [-0.1, -0.05) is 33.1 Å². The molecule has 0 radical (unpaired) electrons. The van der Waals surface area contributed by atoms with Gasteiger partial charge in [0.1, 0.15) is 0 Å². The summed E-state index contributed by atoms with van der Waals surface area (Å²) < 4.78 is 0. The molecule has 0 spiro atoms. The molecule has 0 heterocycles. The van der Waals surface area contributed by atoms with Gasteiger partial charge in [-0.2, -0.15) is 0 Å². The lowest BCUT2D eigenvalue weighted by atomic mass is 10.1. The Hall–Kier alpha value is -0.0400. The summed E-state index contributed by atoms with van der Waals surface area (Å²) in [7, 11) is 0. The maximum absolute atomic E-state index is 3.74. The molecule has 1 saturated carbocycles. The third kappa shape index (κ3) is 4.66. The molecular weight excluding hydrogens is 158 g/mol. The van der Waals surface area contributed by atoms with Gasteiger partial charge in [0, 0.05) is 12.1 Å². The number of rotatable bonds is 7. The van der Waals surface area contributed by atoms with E-state index >= 15 is 0 Å². The van der Waals surface area contributed by atoms with Crippen molar-refractivity contribution >= 4 is 0 Å². The lowest BCUT2D eigenvalue weighted by Gasteiger charge is -2.21. The van der Waals surface area contributed by atoms with E-state index in [9.17, 15) is 0 Å². The Kier molecular flexibility index (Phi) is 4.79. The van der Waals surface area contributed by atoms with Crippen molar-refractivity contribution in [2.45, 2.75) is 71.4 Å². The molecular formula is C12H25N. The van der Waals surface area contributed by atoms with Crippen LogP contribution in [0, 0.1) is 5.92 Å². The van der Waals surface area contributed by atoms with Crippen LogP contribution >= 0.6 is 0 Å². The Balaban J connectivity index is 2.13. The van der Waals surface area contributed by atoms with Gasteiger partial charge in [-0.3, -0.25) is 0 Å². The van der Waals surface area contributed by atoms with Crippen molar-refractivity contribution in [3.05, 3.63) is 0 Å². The summed E-state index contributed by atoms with van der Waals surface area (Å²) in [5.74, 6) is 1.06. The van der Waals surface area contributed by atoms with E-state index < -0.39 is 0 Å². The van der Waals surface area contributed by atoms with Crippen molar-refractivity contribution in [3.8, 4) is 0 Å². The maximum atomic E-state index is 3.74. The zero-order chi connectivity index (χ0) is 9.68. The highest BCUT2D eigenvalue weighted by Crippen LogP contribution is 2.34. The molecule has 13 heavy (non-hydrogen) atoms. The molecule has 1 rings (SSSR count). The molecule has 0 saturated heterocycles. The Morgan fingerprint density at radius 1 is 1.31 bits per heavy atom. The van der Waals surface area contributed by atoms with Crippen molar-refractivity contribution in [1.82, 2.24) is 5.32 Å². The van der Waals surface area contributed by atoms with E-state index in [0.717, 1.165) is 12.0 Å². The van der Waals surface area contributed by atoms with Gasteiger partial charge in [0.15, 0.2) is 0 Å². The van der Waals surface area contributed by atoms with Gasteiger partial charge in [0.25, 0.3) is 0 Å². The molecule has 2 atom stereocenters. The van der Waals surface area contributed by atoms with E-state index in [1.165, 1.54) is 38.5 Å². The lowest BCUT2D eigenvalue weighted by molar-refractivity contribution is 0.384. The Bertz CT molecular complexity index is 129. The number of hydrogen-bond acceptors (Lipinski definition) is 1. The molecule has 0 amide bonds. The summed E-state index contributed by atoms with van der Waals surface area (Å²) >= 11 is 0. The molecule has 2 unspecified atom stereocenters. The summed E-state index contributed by atoms with van der Waals surface area (Å²) in [5, 5.41) is 3.74. The molecule has 1 aliphatic carbocycles. The Morgan fingerprint density at radius 3 is 2.46 bits per heavy atom. The normalized spacial score (nSPS) is 21.5. The monoisotopic (exact) mass is 183 g/mol. The molecule has 0 aromatic rings. The van der Waals surface area contributed by atoms with Crippen LogP contribution in [0.1, 0.15) is 59.3 Å². The van der Waals surface area contributed by atoms with E-state index in [1.807, 2.05) is 0 Å². The minimum Gasteiger partial charge on any atom is -0.312 e. The molecule has 1 N–H and O–H groups in total. The first-order chi connectivity index (χ1) is 6.26. The van der Waals surface area contributed by atoms with Gasteiger partial charge in [0.05, 0.1) is 0 Å². The summed E-state index contributed by atoms with van der Waals surface area (Å²) in [4.78, 5) is 0. The number of nitrogens with one attached hydrogen (secondary N) is 1. The van der Waals surface area contributed by atoms with Gasteiger partial charge < -0.3 is 5.32 Å².